The highest BCUT2D eigenvalue weighted by atomic mass is 32.2. The van der Waals surface area contributed by atoms with Crippen LogP contribution in [0.2, 0.25) is 0 Å². The van der Waals surface area contributed by atoms with Gasteiger partial charge in [0.2, 0.25) is 0 Å². The number of thioether (sulfide) groups is 1. The number of nitrogens with zero attached hydrogens (tertiary/aromatic N) is 1. The van der Waals surface area contributed by atoms with E-state index in [4.69, 9.17) is 10.5 Å². The normalized spacial score (nSPS) is 20.1. The maximum atomic E-state index is 10.8. The number of hydrogen-bond donors (Lipinski definition) is 2. The Kier molecular flexibility index (Phi) is 3.01. The first kappa shape index (κ1) is 10.6. The van der Waals surface area contributed by atoms with Gasteiger partial charge in [-0.3, -0.25) is 0 Å². The fourth-order valence-corrected chi connectivity index (χ4v) is 3.27. The second kappa shape index (κ2) is 4.28. The van der Waals surface area contributed by atoms with Gasteiger partial charge >= 0.3 is 6.09 Å². The van der Waals surface area contributed by atoms with E-state index < -0.39 is 0 Å². The third-order valence-electron chi connectivity index (χ3n) is 1.92. The third kappa shape index (κ3) is 2.54. The number of cyclic esters (lactones) is 1. The molecule has 3 N–H and O–H groups in total. The van der Waals surface area contributed by atoms with Crippen LogP contribution in [-0.2, 0) is 4.74 Å². The number of nitrogens with two attached hydrogens (primary N) is 1. The van der Waals surface area contributed by atoms with Gasteiger partial charge in [-0.15, -0.1) is 11.8 Å². The molecule has 1 unspecified atom stereocenters. The monoisotopic (exact) mass is 245 g/mol. The second-order valence-corrected chi connectivity index (χ2v) is 5.46. The average Bonchev–Trinajstić information content (AvgIpc) is 2.70. The second-order valence-electron chi connectivity index (χ2n) is 3.14. The molecule has 1 fully saturated rings. The van der Waals surface area contributed by atoms with Crippen molar-refractivity contribution in [3.8, 4) is 0 Å². The quantitative estimate of drug-likeness (QED) is 0.783. The van der Waals surface area contributed by atoms with E-state index in [9.17, 15) is 4.79 Å². The fourth-order valence-electron chi connectivity index (χ4n) is 1.23. The summed E-state index contributed by atoms with van der Waals surface area (Å²) in [5, 5.41) is 3.19. The van der Waals surface area contributed by atoms with Gasteiger partial charge in [0.15, 0.2) is 5.13 Å². The van der Waals surface area contributed by atoms with Gasteiger partial charge < -0.3 is 15.8 Å². The Morgan fingerprint density at radius 2 is 2.60 bits per heavy atom. The Morgan fingerprint density at radius 3 is 3.13 bits per heavy atom. The Hall–Kier alpha value is -0.950. The zero-order valence-corrected chi connectivity index (χ0v) is 9.78. The van der Waals surface area contributed by atoms with Crippen LogP contribution >= 0.6 is 23.1 Å². The lowest BCUT2D eigenvalue weighted by molar-refractivity contribution is 0.150. The summed E-state index contributed by atoms with van der Waals surface area (Å²) in [6, 6.07) is 0. The molecule has 15 heavy (non-hydrogen) atoms. The number of rotatable bonds is 3. The van der Waals surface area contributed by atoms with E-state index >= 15 is 0 Å². The van der Waals surface area contributed by atoms with Crippen molar-refractivity contribution in [2.24, 2.45) is 0 Å². The Balaban J connectivity index is 1.88. The standard InChI is InChI=1S/C8H11N3O2S2/c1-4-6(15-7(9)11-4)14-3-5-2-10-8(12)13-5/h5H,2-3H2,1H3,(H2,9,11)(H,10,12). The average molecular weight is 245 g/mol. The number of ether oxygens (including phenoxy) is 1. The minimum absolute atomic E-state index is 0.0507. The van der Waals surface area contributed by atoms with E-state index in [0.29, 0.717) is 11.7 Å². The zero-order valence-electron chi connectivity index (χ0n) is 8.15. The molecule has 1 aliphatic rings. The third-order valence-corrected chi connectivity index (χ3v) is 4.40. The summed E-state index contributed by atoms with van der Waals surface area (Å²) >= 11 is 3.09. The molecule has 0 aliphatic carbocycles. The molecule has 0 spiro atoms. The van der Waals surface area contributed by atoms with Crippen molar-refractivity contribution in [1.29, 1.82) is 0 Å². The number of alkyl carbamates (subject to hydrolysis) is 1. The molecule has 1 atom stereocenters. The molecule has 2 heterocycles. The van der Waals surface area contributed by atoms with E-state index in [1.165, 1.54) is 11.3 Å². The van der Waals surface area contributed by atoms with Crippen molar-refractivity contribution >= 4 is 34.3 Å². The van der Waals surface area contributed by atoms with Crippen molar-refractivity contribution in [3.05, 3.63) is 5.69 Å². The first-order valence-electron chi connectivity index (χ1n) is 4.45. The van der Waals surface area contributed by atoms with Gasteiger partial charge in [0.25, 0.3) is 0 Å². The lowest BCUT2D eigenvalue weighted by Gasteiger charge is -2.05. The molecular formula is C8H11N3O2S2. The molecular weight excluding hydrogens is 234 g/mol. The van der Waals surface area contributed by atoms with E-state index in [1.54, 1.807) is 11.8 Å². The van der Waals surface area contributed by atoms with Crippen LogP contribution in [0.15, 0.2) is 4.21 Å². The number of nitrogen functional groups attached to an aromatic ring is 1. The molecule has 0 saturated carbocycles. The molecule has 82 valence electrons. The molecule has 1 aromatic rings. The molecule has 1 amide bonds. The molecule has 2 rings (SSSR count). The number of thiazole rings is 1. The number of aryl methyl sites for hydroxylation is 1. The lowest BCUT2D eigenvalue weighted by atomic mass is 10.4. The van der Waals surface area contributed by atoms with Crippen molar-refractivity contribution in [2.45, 2.75) is 17.2 Å². The smallest absolute Gasteiger partial charge is 0.407 e. The molecule has 0 radical (unpaired) electrons. The van der Waals surface area contributed by atoms with Crippen LogP contribution in [0.3, 0.4) is 0 Å². The van der Waals surface area contributed by atoms with Crippen LogP contribution in [0, 0.1) is 6.92 Å². The maximum Gasteiger partial charge on any atom is 0.407 e. The highest BCUT2D eigenvalue weighted by molar-refractivity contribution is 8.01. The summed E-state index contributed by atoms with van der Waals surface area (Å²) in [6.45, 7) is 2.51. The summed E-state index contributed by atoms with van der Waals surface area (Å²) in [6.07, 6.45) is -0.383. The predicted molar refractivity (Wildman–Crippen MR) is 60.3 cm³/mol. The molecule has 0 aromatic carbocycles. The Labute approximate surface area is 95.4 Å². The summed E-state index contributed by atoms with van der Waals surface area (Å²) in [7, 11) is 0. The van der Waals surface area contributed by atoms with Crippen molar-refractivity contribution < 1.29 is 9.53 Å². The number of anilines is 1. The number of carbonyl (C=O) groups excluding carboxylic acids is 1. The van der Waals surface area contributed by atoms with Gasteiger partial charge in [0.1, 0.15) is 6.10 Å². The molecule has 5 nitrogen and oxygen atoms in total. The Morgan fingerprint density at radius 1 is 1.80 bits per heavy atom. The van der Waals surface area contributed by atoms with E-state index in [0.717, 1.165) is 15.7 Å². The highest BCUT2D eigenvalue weighted by Gasteiger charge is 2.22. The highest BCUT2D eigenvalue weighted by Crippen LogP contribution is 2.31. The maximum absolute atomic E-state index is 10.8. The van der Waals surface area contributed by atoms with Gasteiger partial charge in [0, 0.05) is 5.75 Å². The van der Waals surface area contributed by atoms with E-state index in [1.807, 2.05) is 6.92 Å². The molecule has 1 aromatic heterocycles. The van der Waals surface area contributed by atoms with Gasteiger partial charge in [-0.05, 0) is 6.92 Å². The topological polar surface area (TPSA) is 77.2 Å². The summed E-state index contributed by atoms with van der Waals surface area (Å²) in [5.74, 6) is 0.737. The van der Waals surface area contributed by atoms with Crippen molar-refractivity contribution in [3.63, 3.8) is 0 Å². The van der Waals surface area contributed by atoms with Crippen LogP contribution in [-0.4, -0.2) is 29.5 Å². The van der Waals surface area contributed by atoms with Gasteiger partial charge in [-0.25, -0.2) is 9.78 Å². The predicted octanol–water partition coefficient (Wildman–Crippen LogP) is 1.23. The van der Waals surface area contributed by atoms with Crippen LogP contribution in [0.25, 0.3) is 0 Å². The Bertz CT molecular complexity index is 380. The first-order valence-corrected chi connectivity index (χ1v) is 6.25. The van der Waals surface area contributed by atoms with Crippen LogP contribution in [0.1, 0.15) is 5.69 Å². The van der Waals surface area contributed by atoms with Crippen LogP contribution in [0.5, 0.6) is 0 Å². The summed E-state index contributed by atoms with van der Waals surface area (Å²) in [4.78, 5) is 14.9. The summed E-state index contributed by atoms with van der Waals surface area (Å²) in [5.41, 5.74) is 6.53. The number of nitrogens with one attached hydrogen (secondary N) is 1. The van der Waals surface area contributed by atoms with Gasteiger partial charge in [0.05, 0.1) is 16.4 Å². The fraction of sp³-hybridized carbons (Fsp3) is 0.500. The van der Waals surface area contributed by atoms with Gasteiger partial charge in [-0.2, -0.15) is 0 Å². The van der Waals surface area contributed by atoms with E-state index in [-0.39, 0.29) is 12.2 Å². The summed E-state index contributed by atoms with van der Waals surface area (Å²) < 4.78 is 6.10. The van der Waals surface area contributed by atoms with Crippen molar-refractivity contribution in [2.75, 3.05) is 18.0 Å². The minimum atomic E-state index is -0.332. The number of carbonyl (C=O) groups is 1. The van der Waals surface area contributed by atoms with E-state index in [2.05, 4.69) is 10.3 Å². The van der Waals surface area contributed by atoms with Crippen LogP contribution in [0.4, 0.5) is 9.93 Å². The molecule has 0 bridgehead atoms. The van der Waals surface area contributed by atoms with Crippen LogP contribution < -0.4 is 11.1 Å². The van der Waals surface area contributed by atoms with Crippen molar-refractivity contribution in [1.82, 2.24) is 10.3 Å². The van der Waals surface area contributed by atoms with Gasteiger partial charge in [-0.1, -0.05) is 11.3 Å². The first-order chi connectivity index (χ1) is 7.15. The minimum Gasteiger partial charge on any atom is -0.443 e. The molecule has 7 heteroatoms. The zero-order chi connectivity index (χ0) is 10.8. The largest absolute Gasteiger partial charge is 0.443 e. The molecule has 1 aliphatic heterocycles. The SMILES string of the molecule is Cc1nc(N)sc1SCC1CNC(=O)O1. The number of amides is 1. The number of hydrogen-bond acceptors (Lipinski definition) is 6. The lowest BCUT2D eigenvalue weighted by Crippen LogP contribution is -2.16. The number of aromatic nitrogens is 1. The molecule has 1 saturated heterocycles.